The predicted octanol–water partition coefficient (Wildman–Crippen LogP) is 1.32. The quantitative estimate of drug-likeness (QED) is 0.418. The Labute approximate surface area is 125 Å². The zero-order valence-electron chi connectivity index (χ0n) is 10.9. The third kappa shape index (κ3) is 3.31. The van der Waals surface area contributed by atoms with Crippen molar-refractivity contribution in [1.29, 1.82) is 0 Å². The fourth-order valence-corrected chi connectivity index (χ4v) is 3.93. The molecule has 2 rings (SSSR count). The van der Waals surface area contributed by atoms with Gasteiger partial charge in [0.2, 0.25) is 0 Å². The maximum absolute atomic E-state index is 13.4. The summed E-state index contributed by atoms with van der Waals surface area (Å²) in [7, 11) is 0. The van der Waals surface area contributed by atoms with Gasteiger partial charge in [-0.3, -0.25) is 0 Å². The van der Waals surface area contributed by atoms with Crippen LogP contribution in [0.15, 0.2) is 24.3 Å². The average Bonchev–Trinajstić information content (AvgIpc) is 2.39. The topological polar surface area (TPSA) is 0 Å². The molecule has 0 aliphatic carbocycles. The Balaban J connectivity index is 2.17. The second-order valence-electron chi connectivity index (χ2n) is 4.45. The molecule has 0 bridgehead atoms. The van der Waals surface area contributed by atoms with Gasteiger partial charge in [-0.25, -0.2) is 0 Å². The number of alkyl halides is 1. The van der Waals surface area contributed by atoms with Crippen LogP contribution in [0.2, 0.25) is 0 Å². The van der Waals surface area contributed by atoms with E-state index in [9.17, 15) is 17.6 Å². The Morgan fingerprint density at radius 2 is 1.15 bits per heavy atom. The second kappa shape index (κ2) is 6.11. The van der Waals surface area contributed by atoms with Gasteiger partial charge >= 0.3 is 125 Å². The van der Waals surface area contributed by atoms with E-state index in [4.69, 9.17) is 0 Å². The Kier molecular flexibility index (Phi) is 4.67. The summed E-state index contributed by atoms with van der Waals surface area (Å²) in [6, 6.07) is 5.15. The molecular weight excluding hydrogens is 383 g/mol. The fourth-order valence-electron chi connectivity index (χ4n) is 1.62. The van der Waals surface area contributed by atoms with Crippen molar-refractivity contribution in [2.24, 2.45) is 0 Å². The molecule has 0 atom stereocenters. The van der Waals surface area contributed by atoms with E-state index in [0.29, 0.717) is 13.6 Å². The van der Waals surface area contributed by atoms with Crippen molar-refractivity contribution in [1.82, 2.24) is 0 Å². The van der Waals surface area contributed by atoms with Crippen molar-refractivity contribution in [3.05, 3.63) is 67.8 Å². The molecule has 108 valence electrons. The Bertz CT molecular complexity index is 549. The summed E-state index contributed by atoms with van der Waals surface area (Å²) in [5.74, 6) is -2.35. The number of halogens is 5. The molecule has 0 aliphatic heterocycles. The Morgan fingerprint density at radius 1 is 0.750 bits per heavy atom. The molecule has 0 saturated heterocycles. The van der Waals surface area contributed by atoms with E-state index >= 15 is 0 Å². The summed E-state index contributed by atoms with van der Waals surface area (Å²) in [4.78, 5) is 0. The first-order valence-corrected chi connectivity index (χ1v) is 8.48. The molecule has 0 N–H and O–H groups in total. The van der Waals surface area contributed by atoms with Gasteiger partial charge < -0.3 is 0 Å². The van der Waals surface area contributed by atoms with E-state index in [1.807, 2.05) is 0 Å². The van der Waals surface area contributed by atoms with Gasteiger partial charge in [-0.15, -0.1) is 0 Å². The number of rotatable bonds is 3. The third-order valence-corrected chi connectivity index (χ3v) is 5.73. The summed E-state index contributed by atoms with van der Waals surface area (Å²) in [6.45, 7) is 2.74. The van der Waals surface area contributed by atoms with Crippen LogP contribution >= 0.6 is 0 Å². The molecule has 0 nitrogen and oxygen atoms in total. The molecule has 0 radical (unpaired) electrons. The zero-order valence-corrected chi connectivity index (χ0v) is 13.1. The normalized spacial score (nSPS) is 11.1. The van der Waals surface area contributed by atoms with E-state index in [0.717, 1.165) is 0 Å². The van der Waals surface area contributed by atoms with Crippen LogP contribution in [0.3, 0.4) is 0 Å². The van der Waals surface area contributed by atoms with Gasteiger partial charge in [-0.2, -0.15) is 0 Å². The van der Waals surface area contributed by atoms with Crippen LogP contribution in [0.25, 0.3) is 0 Å². The van der Waals surface area contributed by atoms with Gasteiger partial charge in [0.15, 0.2) is 0 Å². The second-order valence-corrected chi connectivity index (χ2v) is 7.22. The SMILES string of the molecule is Cc1c(F)cc(C[I-]c2cc(F)c(C)c(F)c2)cc1F. The number of hydrogen-bond acceptors (Lipinski definition) is 0. The Morgan fingerprint density at radius 3 is 1.60 bits per heavy atom. The van der Waals surface area contributed by atoms with Crippen molar-refractivity contribution < 1.29 is 38.8 Å². The van der Waals surface area contributed by atoms with Crippen LogP contribution in [0.4, 0.5) is 17.6 Å². The first-order chi connectivity index (χ1) is 9.38. The van der Waals surface area contributed by atoms with E-state index < -0.39 is 44.5 Å². The first kappa shape index (κ1) is 15.3. The van der Waals surface area contributed by atoms with Crippen molar-refractivity contribution in [2.75, 3.05) is 0 Å². The van der Waals surface area contributed by atoms with Gasteiger partial charge in [0, 0.05) is 0 Å². The van der Waals surface area contributed by atoms with E-state index in [1.165, 1.54) is 38.1 Å². The van der Waals surface area contributed by atoms with E-state index in [1.54, 1.807) is 0 Å². The molecular formula is C15H12F4I-. The molecule has 0 heterocycles. The average molecular weight is 395 g/mol. The third-order valence-electron chi connectivity index (χ3n) is 2.96. The van der Waals surface area contributed by atoms with Crippen molar-refractivity contribution in [3.63, 3.8) is 0 Å². The molecule has 0 amide bonds. The van der Waals surface area contributed by atoms with Crippen LogP contribution in [0.5, 0.6) is 0 Å². The van der Waals surface area contributed by atoms with Crippen LogP contribution in [0, 0.1) is 40.7 Å². The molecule has 2 aromatic rings. The Hall–Kier alpha value is -1.11. The number of benzene rings is 2. The van der Waals surface area contributed by atoms with Crippen LogP contribution in [0.1, 0.15) is 16.7 Å². The van der Waals surface area contributed by atoms with E-state index in [2.05, 4.69) is 0 Å². The molecule has 5 heteroatoms. The van der Waals surface area contributed by atoms with Gasteiger partial charge in [0.05, 0.1) is 0 Å². The summed E-state index contributed by atoms with van der Waals surface area (Å²) >= 11 is -0.747. The van der Waals surface area contributed by atoms with Crippen molar-refractivity contribution in [2.45, 2.75) is 18.3 Å². The molecule has 0 aliphatic rings. The molecule has 0 aromatic heterocycles. The van der Waals surface area contributed by atoms with Gasteiger partial charge in [0.25, 0.3) is 0 Å². The standard InChI is InChI=1S/C15H12F4I/c1-8-12(16)3-10(4-13(8)17)7-20-11-5-14(18)9(2)15(19)6-11/h3-6H,7H2,1-2H3/q-1. The summed E-state index contributed by atoms with van der Waals surface area (Å²) in [5, 5.41) is 0. The molecule has 0 spiro atoms. The summed E-state index contributed by atoms with van der Waals surface area (Å²) in [5.41, 5.74) is 0.490. The van der Waals surface area contributed by atoms with Crippen molar-refractivity contribution in [3.8, 4) is 0 Å². The minimum absolute atomic E-state index is 0.00909. The number of hydrogen-bond donors (Lipinski definition) is 0. The van der Waals surface area contributed by atoms with Crippen LogP contribution in [-0.4, -0.2) is 0 Å². The van der Waals surface area contributed by atoms with Crippen LogP contribution < -0.4 is 21.2 Å². The molecule has 2 aromatic carbocycles. The van der Waals surface area contributed by atoms with Crippen LogP contribution in [-0.2, 0) is 4.43 Å². The first-order valence-electron chi connectivity index (χ1n) is 5.88. The molecule has 0 saturated carbocycles. The van der Waals surface area contributed by atoms with Crippen molar-refractivity contribution >= 4 is 0 Å². The summed E-state index contributed by atoms with van der Waals surface area (Å²) in [6.07, 6.45) is 0. The summed E-state index contributed by atoms with van der Waals surface area (Å²) < 4.78 is 54.6. The zero-order chi connectivity index (χ0) is 14.9. The van der Waals surface area contributed by atoms with E-state index in [-0.39, 0.29) is 11.1 Å². The molecule has 0 unspecified atom stereocenters. The van der Waals surface area contributed by atoms with Gasteiger partial charge in [0.1, 0.15) is 0 Å². The minimum atomic E-state index is -0.747. The maximum atomic E-state index is 13.4. The predicted molar refractivity (Wildman–Crippen MR) is 64.6 cm³/mol. The molecule has 0 fully saturated rings. The molecule has 20 heavy (non-hydrogen) atoms. The monoisotopic (exact) mass is 395 g/mol. The van der Waals surface area contributed by atoms with Gasteiger partial charge in [-0.1, -0.05) is 0 Å². The fraction of sp³-hybridized carbons (Fsp3) is 0.200. The van der Waals surface area contributed by atoms with Gasteiger partial charge in [-0.05, 0) is 0 Å².